The highest BCUT2D eigenvalue weighted by molar-refractivity contribution is 5.78. The molecule has 104 valence electrons. The smallest absolute Gasteiger partial charge is 0.277 e. The topological polar surface area (TPSA) is 34.9 Å². The van der Waals surface area contributed by atoms with Gasteiger partial charge in [0.05, 0.1) is 11.0 Å². The first-order valence-corrected chi connectivity index (χ1v) is 7.01. The molecule has 1 fully saturated rings. The van der Waals surface area contributed by atoms with E-state index < -0.39 is 0 Å². The van der Waals surface area contributed by atoms with E-state index in [1.165, 1.54) is 12.1 Å². The Bertz CT molecular complexity index is 879. The maximum absolute atomic E-state index is 13.1. The number of nitrogens with zero attached hydrogens (tertiary/aromatic N) is 2. The molecule has 1 saturated carbocycles. The van der Waals surface area contributed by atoms with Crippen molar-refractivity contribution in [2.24, 2.45) is 0 Å². The van der Waals surface area contributed by atoms with E-state index in [0.717, 1.165) is 23.9 Å². The molecule has 0 saturated heterocycles. The number of halogens is 1. The predicted molar refractivity (Wildman–Crippen MR) is 79.7 cm³/mol. The van der Waals surface area contributed by atoms with Crippen LogP contribution in [0.3, 0.4) is 0 Å². The highest BCUT2D eigenvalue weighted by atomic mass is 19.1. The quantitative estimate of drug-likeness (QED) is 0.719. The van der Waals surface area contributed by atoms with Gasteiger partial charge in [-0.15, -0.1) is 0 Å². The average molecular weight is 280 g/mol. The van der Waals surface area contributed by atoms with E-state index in [4.69, 9.17) is 0 Å². The fourth-order valence-electron chi connectivity index (χ4n) is 2.65. The van der Waals surface area contributed by atoms with Gasteiger partial charge in [0.1, 0.15) is 11.5 Å². The van der Waals surface area contributed by atoms with Crippen LogP contribution in [0.2, 0.25) is 0 Å². The Hall–Kier alpha value is -2.49. The molecule has 0 bridgehead atoms. The fraction of sp³-hybridized carbons (Fsp3) is 0.176. The molecule has 4 heteroatoms. The number of hydrogen-bond acceptors (Lipinski definition) is 2. The minimum atomic E-state index is -0.318. The second-order valence-corrected chi connectivity index (χ2v) is 5.36. The molecule has 0 atom stereocenters. The molecule has 3 aromatic rings. The molecule has 0 unspecified atom stereocenters. The SMILES string of the molecule is O=c1c(-c2ccc(F)cc2)nc2ccccc2n1C1CC1. The van der Waals surface area contributed by atoms with Crippen LogP contribution in [-0.2, 0) is 0 Å². The van der Waals surface area contributed by atoms with E-state index in [1.54, 1.807) is 12.1 Å². The Morgan fingerprint density at radius 1 is 1.05 bits per heavy atom. The summed E-state index contributed by atoms with van der Waals surface area (Å²) in [6.07, 6.45) is 2.05. The van der Waals surface area contributed by atoms with Crippen LogP contribution in [0.4, 0.5) is 4.39 Å². The van der Waals surface area contributed by atoms with Crippen molar-refractivity contribution in [3.05, 3.63) is 64.7 Å². The van der Waals surface area contributed by atoms with Gasteiger partial charge in [0.15, 0.2) is 0 Å². The third-order valence-corrected chi connectivity index (χ3v) is 3.82. The maximum atomic E-state index is 13.1. The van der Waals surface area contributed by atoms with Crippen LogP contribution in [-0.4, -0.2) is 9.55 Å². The van der Waals surface area contributed by atoms with Crippen molar-refractivity contribution in [1.82, 2.24) is 9.55 Å². The highest BCUT2D eigenvalue weighted by Gasteiger charge is 2.27. The molecule has 1 heterocycles. The van der Waals surface area contributed by atoms with Gasteiger partial charge in [0.25, 0.3) is 5.56 Å². The van der Waals surface area contributed by atoms with E-state index in [1.807, 2.05) is 28.8 Å². The molecule has 21 heavy (non-hydrogen) atoms. The number of fused-ring (bicyclic) bond motifs is 1. The number of benzene rings is 2. The molecule has 1 aliphatic rings. The molecule has 0 aliphatic heterocycles. The van der Waals surface area contributed by atoms with Gasteiger partial charge in [0, 0.05) is 11.6 Å². The average Bonchev–Trinajstić information content (AvgIpc) is 3.32. The summed E-state index contributed by atoms with van der Waals surface area (Å²) in [4.78, 5) is 17.2. The third-order valence-electron chi connectivity index (χ3n) is 3.82. The molecule has 0 N–H and O–H groups in total. The first-order valence-electron chi connectivity index (χ1n) is 7.01. The molecular weight excluding hydrogens is 267 g/mol. The molecule has 1 aromatic heterocycles. The van der Waals surface area contributed by atoms with Crippen molar-refractivity contribution in [2.45, 2.75) is 18.9 Å². The Balaban J connectivity index is 2.03. The summed E-state index contributed by atoms with van der Waals surface area (Å²) in [7, 11) is 0. The number of aromatic nitrogens is 2. The van der Waals surface area contributed by atoms with Crippen LogP contribution in [0.5, 0.6) is 0 Å². The zero-order chi connectivity index (χ0) is 14.4. The van der Waals surface area contributed by atoms with Gasteiger partial charge in [-0.05, 0) is 49.2 Å². The second kappa shape index (κ2) is 4.52. The van der Waals surface area contributed by atoms with Gasteiger partial charge < -0.3 is 4.57 Å². The number of rotatable bonds is 2. The van der Waals surface area contributed by atoms with E-state index in [9.17, 15) is 9.18 Å². The Morgan fingerprint density at radius 2 is 1.76 bits per heavy atom. The van der Waals surface area contributed by atoms with Gasteiger partial charge in [-0.1, -0.05) is 12.1 Å². The summed E-state index contributed by atoms with van der Waals surface area (Å²) in [5.74, 6) is -0.318. The van der Waals surface area contributed by atoms with Crippen molar-refractivity contribution < 1.29 is 4.39 Å². The zero-order valence-corrected chi connectivity index (χ0v) is 11.3. The second-order valence-electron chi connectivity index (χ2n) is 5.36. The monoisotopic (exact) mass is 280 g/mol. The van der Waals surface area contributed by atoms with Gasteiger partial charge >= 0.3 is 0 Å². The van der Waals surface area contributed by atoms with Gasteiger partial charge in [-0.25, -0.2) is 9.37 Å². The Kier molecular flexibility index (Phi) is 2.64. The summed E-state index contributed by atoms with van der Waals surface area (Å²) in [5.41, 5.74) is 2.61. The maximum Gasteiger partial charge on any atom is 0.277 e. The molecule has 3 nitrogen and oxygen atoms in total. The molecule has 4 rings (SSSR count). The zero-order valence-electron chi connectivity index (χ0n) is 11.3. The Morgan fingerprint density at radius 3 is 2.48 bits per heavy atom. The van der Waals surface area contributed by atoms with Crippen molar-refractivity contribution in [3.63, 3.8) is 0 Å². The van der Waals surface area contributed by atoms with Crippen LogP contribution in [0, 0.1) is 5.82 Å². The third kappa shape index (κ3) is 2.03. The standard InChI is InChI=1S/C17H13FN2O/c18-12-7-5-11(6-8-12)16-17(21)20(13-9-10-13)15-4-2-1-3-14(15)19-16/h1-8,13H,9-10H2. The lowest BCUT2D eigenvalue weighted by Gasteiger charge is -2.11. The van der Waals surface area contributed by atoms with E-state index in [-0.39, 0.29) is 17.4 Å². The van der Waals surface area contributed by atoms with Gasteiger partial charge in [-0.3, -0.25) is 4.79 Å². The van der Waals surface area contributed by atoms with Crippen molar-refractivity contribution in [1.29, 1.82) is 0 Å². The summed E-state index contributed by atoms with van der Waals surface area (Å²) in [6, 6.07) is 13.8. The largest absolute Gasteiger partial charge is 0.302 e. The Labute approximate surface area is 120 Å². The molecule has 1 aliphatic carbocycles. The van der Waals surface area contributed by atoms with E-state index >= 15 is 0 Å². The molecular formula is C17H13FN2O. The van der Waals surface area contributed by atoms with Crippen LogP contribution < -0.4 is 5.56 Å². The predicted octanol–water partition coefficient (Wildman–Crippen LogP) is 3.54. The van der Waals surface area contributed by atoms with Crippen LogP contribution >= 0.6 is 0 Å². The molecule has 0 radical (unpaired) electrons. The lowest BCUT2D eigenvalue weighted by molar-refractivity contribution is 0.628. The minimum absolute atomic E-state index is 0.0946. The molecule has 0 amide bonds. The van der Waals surface area contributed by atoms with Crippen molar-refractivity contribution >= 4 is 11.0 Å². The molecule has 2 aromatic carbocycles. The molecule has 0 spiro atoms. The summed E-state index contributed by atoms with van der Waals surface area (Å²) in [5, 5.41) is 0. The van der Waals surface area contributed by atoms with Crippen molar-refractivity contribution in [2.75, 3.05) is 0 Å². The fourth-order valence-corrected chi connectivity index (χ4v) is 2.65. The number of para-hydroxylation sites is 2. The summed E-state index contributed by atoms with van der Waals surface area (Å²) < 4.78 is 14.9. The van der Waals surface area contributed by atoms with E-state index in [2.05, 4.69) is 4.98 Å². The summed E-state index contributed by atoms with van der Waals surface area (Å²) in [6.45, 7) is 0. The van der Waals surface area contributed by atoms with Gasteiger partial charge in [-0.2, -0.15) is 0 Å². The minimum Gasteiger partial charge on any atom is -0.302 e. The van der Waals surface area contributed by atoms with Crippen LogP contribution in [0.25, 0.3) is 22.3 Å². The summed E-state index contributed by atoms with van der Waals surface area (Å²) >= 11 is 0. The van der Waals surface area contributed by atoms with Crippen LogP contribution in [0.1, 0.15) is 18.9 Å². The lowest BCUT2D eigenvalue weighted by Crippen LogP contribution is -2.22. The van der Waals surface area contributed by atoms with Crippen molar-refractivity contribution in [3.8, 4) is 11.3 Å². The van der Waals surface area contributed by atoms with E-state index in [0.29, 0.717) is 11.3 Å². The highest BCUT2D eigenvalue weighted by Crippen LogP contribution is 2.36. The normalized spacial score (nSPS) is 14.5. The van der Waals surface area contributed by atoms with Gasteiger partial charge in [0.2, 0.25) is 0 Å². The first kappa shape index (κ1) is 12.3. The first-order chi connectivity index (χ1) is 10.2. The lowest BCUT2D eigenvalue weighted by atomic mass is 10.1. The van der Waals surface area contributed by atoms with Crippen LogP contribution in [0.15, 0.2) is 53.3 Å². The number of hydrogen-bond donors (Lipinski definition) is 0.